The Labute approximate surface area is 121 Å². The van der Waals surface area contributed by atoms with Crippen molar-refractivity contribution in [3.05, 3.63) is 0 Å². The highest BCUT2D eigenvalue weighted by molar-refractivity contribution is 4.88. The third kappa shape index (κ3) is 5.45. The van der Waals surface area contributed by atoms with E-state index in [0.29, 0.717) is 5.41 Å². The summed E-state index contributed by atoms with van der Waals surface area (Å²) in [5, 5.41) is 3.73. The van der Waals surface area contributed by atoms with Crippen molar-refractivity contribution in [3.8, 4) is 0 Å². The molecule has 0 bridgehead atoms. The van der Waals surface area contributed by atoms with Gasteiger partial charge in [-0.05, 0) is 75.7 Å². The summed E-state index contributed by atoms with van der Waals surface area (Å²) in [4.78, 5) is 0. The molecule has 0 aromatic heterocycles. The smallest absolute Gasteiger partial charge is 0.00966 e. The topological polar surface area (TPSA) is 12.0 Å². The Bertz CT molecular complexity index is 266. The van der Waals surface area contributed by atoms with Gasteiger partial charge >= 0.3 is 0 Å². The molecule has 1 nitrogen and oxygen atoms in total. The molecule has 0 saturated heterocycles. The lowest BCUT2D eigenvalue weighted by Crippen LogP contribution is -2.44. The van der Waals surface area contributed by atoms with Gasteiger partial charge in [-0.2, -0.15) is 0 Å². The maximum atomic E-state index is 3.73. The second kappa shape index (κ2) is 6.16. The van der Waals surface area contributed by atoms with Crippen molar-refractivity contribution in [3.63, 3.8) is 0 Å². The van der Waals surface area contributed by atoms with Crippen LogP contribution in [0.5, 0.6) is 0 Å². The lowest BCUT2D eigenvalue weighted by atomic mass is 9.63. The van der Waals surface area contributed by atoms with Gasteiger partial charge in [0.15, 0.2) is 0 Å². The van der Waals surface area contributed by atoms with E-state index in [-0.39, 0.29) is 5.54 Å². The van der Waals surface area contributed by atoms with Gasteiger partial charge in [0.2, 0.25) is 0 Å². The zero-order valence-corrected chi connectivity index (χ0v) is 14.6. The average molecular weight is 268 g/mol. The van der Waals surface area contributed by atoms with Gasteiger partial charge in [0.05, 0.1) is 0 Å². The van der Waals surface area contributed by atoms with Crippen LogP contribution in [0.3, 0.4) is 0 Å². The van der Waals surface area contributed by atoms with Gasteiger partial charge < -0.3 is 5.32 Å². The van der Waals surface area contributed by atoms with Crippen LogP contribution >= 0.6 is 0 Å². The highest BCUT2D eigenvalue weighted by Crippen LogP contribution is 2.45. The molecule has 0 aromatic rings. The van der Waals surface area contributed by atoms with E-state index in [1.807, 2.05) is 0 Å². The minimum absolute atomic E-state index is 0.252. The fourth-order valence-electron chi connectivity index (χ4n) is 3.56. The molecule has 1 heteroatoms. The van der Waals surface area contributed by atoms with Crippen LogP contribution in [-0.2, 0) is 0 Å². The Kier molecular flexibility index (Phi) is 5.52. The van der Waals surface area contributed by atoms with Gasteiger partial charge in [-0.3, -0.25) is 0 Å². The number of hydrogen-bond donors (Lipinski definition) is 1. The quantitative estimate of drug-likeness (QED) is 0.749. The zero-order valence-electron chi connectivity index (χ0n) is 14.6. The molecule has 0 aromatic carbocycles. The van der Waals surface area contributed by atoms with Gasteiger partial charge in [-0.15, -0.1) is 0 Å². The lowest BCUT2D eigenvalue weighted by Gasteiger charge is -2.44. The van der Waals surface area contributed by atoms with Crippen LogP contribution in [0, 0.1) is 29.1 Å². The summed E-state index contributed by atoms with van der Waals surface area (Å²) in [5.41, 5.74) is 0.734. The van der Waals surface area contributed by atoms with Crippen LogP contribution in [0.4, 0.5) is 0 Å². The van der Waals surface area contributed by atoms with E-state index in [1.165, 1.54) is 25.8 Å². The van der Waals surface area contributed by atoms with E-state index in [9.17, 15) is 0 Å². The van der Waals surface area contributed by atoms with Crippen molar-refractivity contribution < 1.29 is 0 Å². The van der Waals surface area contributed by atoms with Gasteiger partial charge in [0, 0.05) is 5.54 Å². The van der Waals surface area contributed by atoms with Crippen molar-refractivity contribution in [1.82, 2.24) is 5.32 Å². The number of hydrogen-bond acceptors (Lipinski definition) is 1. The highest BCUT2D eigenvalue weighted by atomic mass is 14.9. The van der Waals surface area contributed by atoms with E-state index in [2.05, 4.69) is 60.7 Å². The molecule has 0 spiro atoms. The van der Waals surface area contributed by atoms with Crippen molar-refractivity contribution >= 4 is 0 Å². The molecule has 1 aliphatic rings. The normalized spacial score (nSPS) is 29.8. The first-order valence-electron chi connectivity index (χ1n) is 8.25. The molecule has 1 saturated carbocycles. The van der Waals surface area contributed by atoms with Crippen molar-refractivity contribution in [2.24, 2.45) is 29.1 Å². The molecule has 0 heterocycles. The summed E-state index contributed by atoms with van der Waals surface area (Å²) in [6.07, 6.45) is 4.26. The van der Waals surface area contributed by atoms with Gasteiger partial charge in [-0.1, -0.05) is 34.6 Å². The van der Waals surface area contributed by atoms with E-state index < -0.39 is 0 Å². The third-order valence-corrected chi connectivity index (χ3v) is 5.02. The van der Waals surface area contributed by atoms with Crippen LogP contribution < -0.4 is 5.32 Å². The molecule has 0 aliphatic heterocycles. The molecular formula is C18H37N. The van der Waals surface area contributed by atoms with Crippen molar-refractivity contribution in [2.75, 3.05) is 6.54 Å². The SMILES string of the molecule is CC(C)C1CC(C(C)(C)C)CCC1CNC(C)(C)C. The third-order valence-electron chi connectivity index (χ3n) is 5.02. The predicted octanol–water partition coefficient (Wildman–Crippen LogP) is 5.11. The molecule has 0 amide bonds. The molecule has 3 unspecified atom stereocenters. The van der Waals surface area contributed by atoms with Crippen LogP contribution in [0.15, 0.2) is 0 Å². The summed E-state index contributed by atoms with van der Waals surface area (Å²) < 4.78 is 0. The minimum Gasteiger partial charge on any atom is -0.312 e. The first-order chi connectivity index (χ1) is 8.50. The van der Waals surface area contributed by atoms with Crippen LogP contribution in [0.1, 0.15) is 74.7 Å². The predicted molar refractivity (Wildman–Crippen MR) is 86.4 cm³/mol. The molecule has 1 rings (SSSR count). The van der Waals surface area contributed by atoms with E-state index in [1.54, 1.807) is 0 Å². The summed E-state index contributed by atoms with van der Waals surface area (Å²) in [7, 11) is 0. The van der Waals surface area contributed by atoms with Crippen molar-refractivity contribution in [1.29, 1.82) is 0 Å². The van der Waals surface area contributed by atoms with Gasteiger partial charge in [-0.25, -0.2) is 0 Å². The molecule has 114 valence electrons. The standard InChI is InChI=1S/C18H37N/c1-13(2)16-11-15(17(3,4)5)10-9-14(16)12-19-18(6,7)8/h13-16,19H,9-12H2,1-8H3. The van der Waals surface area contributed by atoms with E-state index in [4.69, 9.17) is 0 Å². The fraction of sp³-hybridized carbons (Fsp3) is 1.00. The van der Waals surface area contributed by atoms with Crippen molar-refractivity contribution in [2.45, 2.75) is 80.2 Å². The zero-order chi connectivity index (χ0) is 14.8. The largest absolute Gasteiger partial charge is 0.312 e. The van der Waals surface area contributed by atoms with Crippen LogP contribution in [-0.4, -0.2) is 12.1 Å². The Morgan fingerprint density at radius 2 is 1.58 bits per heavy atom. The maximum Gasteiger partial charge on any atom is 0.00966 e. The monoisotopic (exact) mass is 267 g/mol. The second-order valence-electron chi connectivity index (χ2n) is 9.17. The molecule has 0 radical (unpaired) electrons. The molecule has 19 heavy (non-hydrogen) atoms. The summed E-state index contributed by atoms with van der Waals surface area (Å²) in [6.45, 7) is 20.1. The first-order valence-corrected chi connectivity index (χ1v) is 8.25. The van der Waals surface area contributed by atoms with Crippen LogP contribution in [0.2, 0.25) is 0 Å². The molecule has 1 aliphatic carbocycles. The Hall–Kier alpha value is -0.0400. The number of nitrogens with one attached hydrogen (secondary N) is 1. The molecule has 3 atom stereocenters. The fourth-order valence-corrected chi connectivity index (χ4v) is 3.56. The van der Waals surface area contributed by atoms with E-state index >= 15 is 0 Å². The Morgan fingerprint density at radius 1 is 1.00 bits per heavy atom. The first kappa shape index (κ1) is 17.0. The Morgan fingerprint density at radius 3 is 2.00 bits per heavy atom. The highest BCUT2D eigenvalue weighted by Gasteiger charge is 2.37. The average Bonchev–Trinajstić information content (AvgIpc) is 2.23. The van der Waals surface area contributed by atoms with Gasteiger partial charge in [0.25, 0.3) is 0 Å². The van der Waals surface area contributed by atoms with Crippen LogP contribution in [0.25, 0.3) is 0 Å². The molecule has 1 fully saturated rings. The lowest BCUT2D eigenvalue weighted by molar-refractivity contribution is 0.0697. The molecule has 1 N–H and O–H groups in total. The number of rotatable bonds is 3. The summed E-state index contributed by atoms with van der Waals surface area (Å²) in [6, 6.07) is 0. The maximum absolute atomic E-state index is 3.73. The summed E-state index contributed by atoms with van der Waals surface area (Å²) >= 11 is 0. The van der Waals surface area contributed by atoms with Gasteiger partial charge in [0.1, 0.15) is 0 Å². The Balaban J connectivity index is 2.64. The summed E-state index contributed by atoms with van der Waals surface area (Å²) in [5.74, 6) is 3.49. The van der Waals surface area contributed by atoms with E-state index in [0.717, 1.165) is 23.7 Å². The second-order valence-corrected chi connectivity index (χ2v) is 9.17. The minimum atomic E-state index is 0.252. The molecular weight excluding hydrogens is 230 g/mol.